The first-order valence-corrected chi connectivity index (χ1v) is 4.12. The van der Waals surface area contributed by atoms with Crippen LogP contribution in [0.25, 0.3) is 0 Å². The summed E-state index contributed by atoms with van der Waals surface area (Å²) in [5.41, 5.74) is 0. The van der Waals surface area contributed by atoms with Crippen molar-refractivity contribution < 1.29 is 9.90 Å². The number of nitrogens with zero attached hydrogens (tertiary/aromatic N) is 1. The number of rotatable bonds is 2. The van der Waals surface area contributed by atoms with E-state index in [2.05, 4.69) is 0 Å². The summed E-state index contributed by atoms with van der Waals surface area (Å²) in [6.45, 7) is 3.15. The zero-order chi connectivity index (χ0) is 8.43. The molecule has 0 unspecified atom stereocenters. The van der Waals surface area contributed by atoms with Crippen molar-refractivity contribution in [3.63, 3.8) is 0 Å². The number of halogens is 1. The number of amides is 1. The van der Waals surface area contributed by atoms with Crippen LogP contribution in [0, 0.1) is 5.92 Å². The van der Waals surface area contributed by atoms with E-state index in [-0.39, 0.29) is 18.4 Å². The van der Waals surface area contributed by atoms with Gasteiger partial charge in [0.15, 0.2) is 0 Å². The molecule has 0 aliphatic carbocycles. The lowest BCUT2D eigenvalue weighted by molar-refractivity contribution is -0.137. The number of likely N-dealkylation sites (tertiary alicyclic amines) is 1. The van der Waals surface area contributed by atoms with E-state index in [1.165, 1.54) is 0 Å². The van der Waals surface area contributed by atoms with E-state index in [1.807, 2.05) is 0 Å². The number of aliphatic hydroxyl groups is 1. The second-order valence-corrected chi connectivity index (χ2v) is 3.56. The SMILES string of the molecule is C[C@H](Cl)C(=O)N1CC(CO)C1. The Morgan fingerprint density at radius 1 is 1.82 bits per heavy atom. The molecule has 0 aromatic rings. The highest BCUT2D eigenvalue weighted by atomic mass is 35.5. The molecule has 64 valence electrons. The van der Waals surface area contributed by atoms with Gasteiger partial charge in [0, 0.05) is 25.6 Å². The maximum Gasteiger partial charge on any atom is 0.240 e. The maximum atomic E-state index is 11.1. The average Bonchev–Trinajstić information content (AvgIpc) is 1.85. The number of aliphatic hydroxyl groups excluding tert-OH is 1. The molecular weight excluding hydrogens is 166 g/mol. The van der Waals surface area contributed by atoms with E-state index in [9.17, 15) is 4.79 Å². The van der Waals surface area contributed by atoms with Gasteiger partial charge < -0.3 is 10.0 Å². The van der Waals surface area contributed by atoms with E-state index >= 15 is 0 Å². The van der Waals surface area contributed by atoms with Gasteiger partial charge in [0.2, 0.25) is 5.91 Å². The molecule has 1 saturated heterocycles. The lowest BCUT2D eigenvalue weighted by atomic mass is 10.0. The molecule has 0 spiro atoms. The minimum absolute atomic E-state index is 0.0311. The Balaban J connectivity index is 2.27. The van der Waals surface area contributed by atoms with Crippen LogP contribution in [0.1, 0.15) is 6.92 Å². The van der Waals surface area contributed by atoms with E-state index < -0.39 is 5.38 Å². The molecule has 1 N–H and O–H groups in total. The molecular formula is C7H12ClNO2. The topological polar surface area (TPSA) is 40.5 Å². The Kier molecular flexibility index (Phi) is 2.73. The zero-order valence-corrected chi connectivity index (χ0v) is 7.21. The summed E-state index contributed by atoms with van der Waals surface area (Å²) in [7, 11) is 0. The van der Waals surface area contributed by atoms with Crippen LogP contribution in [0.5, 0.6) is 0 Å². The molecule has 0 bridgehead atoms. The lowest BCUT2D eigenvalue weighted by Crippen LogP contribution is -2.53. The van der Waals surface area contributed by atoms with E-state index in [0.717, 1.165) is 0 Å². The van der Waals surface area contributed by atoms with Gasteiger partial charge in [0.05, 0.1) is 0 Å². The van der Waals surface area contributed by atoms with Crippen LogP contribution in [0.4, 0.5) is 0 Å². The van der Waals surface area contributed by atoms with E-state index in [4.69, 9.17) is 16.7 Å². The zero-order valence-electron chi connectivity index (χ0n) is 6.46. The van der Waals surface area contributed by atoms with Crippen molar-refractivity contribution in [1.29, 1.82) is 0 Å². The second-order valence-electron chi connectivity index (χ2n) is 2.91. The molecule has 1 rings (SSSR count). The van der Waals surface area contributed by atoms with Gasteiger partial charge in [-0.25, -0.2) is 0 Å². The molecule has 1 atom stereocenters. The molecule has 4 heteroatoms. The van der Waals surface area contributed by atoms with Crippen molar-refractivity contribution >= 4 is 17.5 Å². The third-order valence-electron chi connectivity index (χ3n) is 1.87. The van der Waals surface area contributed by atoms with Gasteiger partial charge >= 0.3 is 0 Å². The average molecular weight is 178 g/mol. The Bertz CT molecular complexity index is 155. The van der Waals surface area contributed by atoms with Gasteiger partial charge in [-0.3, -0.25) is 4.79 Å². The predicted molar refractivity (Wildman–Crippen MR) is 42.5 cm³/mol. The minimum atomic E-state index is -0.436. The minimum Gasteiger partial charge on any atom is -0.396 e. The summed E-state index contributed by atoms with van der Waals surface area (Å²) in [5.74, 6) is 0.241. The first-order chi connectivity index (χ1) is 5.15. The van der Waals surface area contributed by atoms with Gasteiger partial charge in [-0.2, -0.15) is 0 Å². The molecule has 0 aromatic heterocycles. The van der Waals surface area contributed by atoms with Crippen molar-refractivity contribution in [3.8, 4) is 0 Å². The van der Waals surface area contributed by atoms with Crippen molar-refractivity contribution in [2.24, 2.45) is 5.92 Å². The summed E-state index contributed by atoms with van der Waals surface area (Å²) in [6, 6.07) is 0. The summed E-state index contributed by atoms with van der Waals surface area (Å²) < 4.78 is 0. The molecule has 3 nitrogen and oxygen atoms in total. The molecule has 0 saturated carbocycles. The first-order valence-electron chi connectivity index (χ1n) is 3.69. The number of alkyl halides is 1. The summed E-state index contributed by atoms with van der Waals surface area (Å²) in [5, 5.41) is 8.22. The highest BCUT2D eigenvalue weighted by molar-refractivity contribution is 6.30. The maximum absolute atomic E-state index is 11.1. The molecule has 1 aliphatic heterocycles. The number of hydrogen-bond donors (Lipinski definition) is 1. The fraction of sp³-hybridized carbons (Fsp3) is 0.857. The Labute approximate surface area is 70.9 Å². The van der Waals surface area contributed by atoms with Crippen LogP contribution in [-0.2, 0) is 4.79 Å². The third kappa shape index (κ3) is 1.84. The van der Waals surface area contributed by atoms with Gasteiger partial charge in [-0.1, -0.05) is 0 Å². The van der Waals surface area contributed by atoms with E-state index in [0.29, 0.717) is 13.1 Å². The highest BCUT2D eigenvalue weighted by Crippen LogP contribution is 2.16. The van der Waals surface area contributed by atoms with Crippen LogP contribution >= 0.6 is 11.6 Å². The smallest absolute Gasteiger partial charge is 0.240 e. The van der Waals surface area contributed by atoms with Crippen molar-refractivity contribution in [3.05, 3.63) is 0 Å². The van der Waals surface area contributed by atoms with Gasteiger partial charge in [-0.05, 0) is 6.92 Å². The first kappa shape index (κ1) is 8.81. The Morgan fingerprint density at radius 2 is 2.36 bits per heavy atom. The normalized spacial score (nSPS) is 21.2. The van der Waals surface area contributed by atoms with Crippen molar-refractivity contribution in [1.82, 2.24) is 4.90 Å². The Morgan fingerprint density at radius 3 is 2.73 bits per heavy atom. The summed E-state index contributed by atoms with van der Waals surface area (Å²) >= 11 is 5.57. The van der Waals surface area contributed by atoms with Gasteiger partial charge in [0.25, 0.3) is 0 Å². The molecule has 0 aromatic carbocycles. The quantitative estimate of drug-likeness (QED) is 0.607. The molecule has 1 heterocycles. The fourth-order valence-electron chi connectivity index (χ4n) is 1.12. The standard InChI is InChI=1S/C7H12ClNO2/c1-5(8)7(11)9-2-6(3-9)4-10/h5-6,10H,2-4H2,1H3/t5-/m0/s1. The highest BCUT2D eigenvalue weighted by Gasteiger charge is 2.31. The van der Waals surface area contributed by atoms with Crippen LogP contribution in [0.15, 0.2) is 0 Å². The monoisotopic (exact) mass is 177 g/mol. The van der Waals surface area contributed by atoms with Gasteiger partial charge in [-0.15, -0.1) is 11.6 Å². The predicted octanol–water partition coefficient (Wildman–Crippen LogP) is 0.0644. The fourth-order valence-corrected chi connectivity index (χ4v) is 1.25. The number of carbonyl (C=O) groups excluding carboxylic acids is 1. The van der Waals surface area contributed by atoms with E-state index in [1.54, 1.807) is 11.8 Å². The second kappa shape index (κ2) is 3.41. The largest absolute Gasteiger partial charge is 0.396 e. The molecule has 1 fully saturated rings. The van der Waals surface area contributed by atoms with Crippen LogP contribution in [0.2, 0.25) is 0 Å². The van der Waals surface area contributed by atoms with Crippen molar-refractivity contribution in [2.45, 2.75) is 12.3 Å². The summed E-state index contributed by atoms with van der Waals surface area (Å²) in [6.07, 6.45) is 0. The van der Waals surface area contributed by atoms with Crippen LogP contribution in [-0.4, -0.2) is 41.0 Å². The third-order valence-corrected chi connectivity index (χ3v) is 2.05. The molecule has 1 aliphatic rings. The Hall–Kier alpha value is -0.280. The molecule has 0 radical (unpaired) electrons. The van der Waals surface area contributed by atoms with Crippen LogP contribution in [0.3, 0.4) is 0 Å². The van der Waals surface area contributed by atoms with Crippen LogP contribution < -0.4 is 0 Å². The lowest BCUT2D eigenvalue weighted by Gasteiger charge is -2.38. The molecule has 1 amide bonds. The van der Waals surface area contributed by atoms with Crippen molar-refractivity contribution in [2.75, 3.05) is 19.7 Å². The number of hydrogen-bond acceptors (Lipinski definition) is 2. The van der Waals surface area contributed by atoms with Gasteiger partial charge in [0.1, 0.15) is 5.38 Å². The molecule has 11 heavy (non-hydrogen) atoms. The number of carbonyl (C=O) groups is 1. The summed E-state index contributed by atoms with van der Waals surface area (Å²) in [4.78, 5) is 12.8.